The first-order valence-corrected chi connectivity index (χ1v) is 4.95. The van der Waals surface area contributed by atoms with Crippen molar-refractivity contribution in [1.29, 1.82) is 0 Å². The van der Waals surface area contributed by atoms with E-state index in [1.165, 1.54) is 8.19 Å². The van der Waals surface area contributed by atoms with Gasteiger partial charge in [-0.3, -0.25) is 0 Å². The number of hydrogen-bond acceptors (Lipinski definition) is 0. The third-order valence-corrected chi connectivity index (χ3v) is 2.30. The fourth-order valence-corrected chi connectivity index (χ4v) is 1.65. The SMILES string of the molecule is c1cc[pH]cccpc1. The molecule has 0 saturated heterocycles. The van der Waals surface area contributed by atoms with Gasteiger partial charge in [-0.2, -0.15) is 0 Å². The molecule has 0 aliphatic carbocycles. The second kappa shape index (κ2) is 4.56. The Morgan fingerprint density at radius 1 is 0.889 bits per heavy atom. The Morgan fingerprint density at radius 3 is 2.67 bits per heavy atom. The van der Waals surface area contributed by atoms with E-state index in [1.54, 1.807) is 0 Å². The van der Waals surface area contributed by atoms with Crippen molar-refractivity contribution in [2.45, 2.75) is 0 Å². The lowest BCUT2D eigenvalue weighted by Crippen LogP contribution is -1.29. The molecule has 0 aliphatic rings. The average molecular weight is 154 g/mol. The Balaban J connectivity index is 3.04. The summed E-state index contributed by atoms with van der Waals surface area (Å²) < 4.78 is 0. The van der Waals surface area contributed by atoms with Crippen LogP contribution in [0.25, 0.3) is 0 Å². The van der Waals surface area contributed by atoms with E-state index in [-0.39, 0.29) is 0 Å². The molecular formula is C7H8P2. The molecule has 0 N–H and O–H groups in total. The number of rotatable bonds is 0. The van der Waals surface area contributed by atoms with Crippen molar-refractivity contribution in [2.24, 2.45) is 0 Å². The third-order valence-electron chi connectivity index (χ3n) is 0.840. The summed E-state index contributed by atoms with van der Waals surface area (Å²) in [6.45, 7) is 0. The van der Waals surface area contributed by atoms with Gasteiger partial charge in [-0.1, -0.05) is 26.4 Å². The molecule has 9 heavy (non-hydrogen) atoms. The quantitative estimate of drug-likeness (QED) is 0.537. The molecule has 1 heterocycles. The van der Waals surface area contributed by atoms with Crippen molar-refractivity contribution in [1.82, 2.24) is 0 Å². The minimum absolute atomic E-state index is 0.838. The molecule has 1 atom stereocenters. The van der Waals surface area contributed by atoms with Crippen LogP contribution in [0.3, 0.4) is 0 Å². The summed E-state index contributed by atoms with van der Waals surface area (Å²) in [5.41, 5.74) is 0. The second-order valence-corrected chi connectivity index (χ2v) is 3.42. The van der Waals surface area contributed by atoms with E-state index in [4.69, 9.17) is 0 Å². The molecule has 1 aromatic rings. The molecule has 0 bridgehead atoms. The highest BCUT2D eigenvalue weighted by Crippen LogP contribution is 2.01. The van der Waals surface area contributed by atoms with Crippen molar-refractivity contribution in [2.75, 3.05) is 0 Å². The normalized spacial score (nSPS) is 9.78. The van der Waals surface area contributed by atoms with Gasteiger partial charge in [0.2, 0.25) is 0 Å². The predicted molar refractivity (Wildman–Crippen MR) is 46.1 cm³/mol. The molecule has 1 aromatic heterocycles. The van der Waals surface area contributed by atoms with Crippen LogP contribution in [0, 0.1) is 0 Å². The lowest BCUT2D eigenvalue weighted by atomic mass is 10.7. The lowest BCUT2D eigenvalue weighted by Gasteiger charge is -1.60. The van der Waals surface area contributed by atoms with Gasteiger partial charge in [-0.25, -0.2) is 0 Å². The van der Waals surface area contributed by atoms with E-state index >= 15 is 0 Å². The minimum Gasteiger partial charge on any atom is -0.140 e. The van der Waals surface area contributed by atoms with E-state index in [2.05, 4.69) is 41.4 Å². The molecule has 0 aromatic carbocycles. The Morgan fingerprint density at radius 2 is 1.67 bits per heavy atom. The largest absolute Gasteiger partial charge is 0.140 e. The highest BCUT2D eigenvalue weighted by Gasteiger charge is 1.58. The zero-order valence-corrected chi connectivity index (χ0v) is 6.88. The van der Waals surface area contributed by atoms with Gasteiger partial charge in [-0.05, 0) is 23.2 Å². The smallest absolute Gasteiger partial charge is 0.0343 e. The van der Waals surface area contributed by atoms with Crippen LogP contribution in [0.1, 0.15) is 0 Å². The maximum Gasteiger partial charge on any atom is -0.0343 e. The second-order valence-electron chi connectivity index (χ2n) is 1.52. The topological polar surface area (TPSA) is 0 Å². The highest BCUT2D eigenvalue weighted by molar-refractivity contribution is 7.29. The third kappa shape index (κ3) is 3.30. The molecule has 0 radical (unpaired) electrons. The lowest BCUT2D eigenvalue weighted by molar-refractivity contribution is 1.99. The van der Waals surface area contributed by atoms with Gasteiger partial charge < -0.3 is 0 Å². The molecular weight excluding hydrogens is 146 g/mol. The van der Waals surface area contributed by atoms with Crippen LogP contribution >= 0.6 is 16.4 Å². The average Bonchev–Trinajstić information content (AvgIpc) is 2.00. The van der Waals surface area contributed by atoms with Crippen molar-refractivity contribution in [3.63, 3.8) is 0 Å². The highest BCUT2D eigenvalue weighted by atomic mass is 31.0. The summed E-state index contributed by atoms with van der Waals surface area (Å²) in [7, 11) is 2.11. The van der Waals surface area contributed by atoms with Crippen LogP contribution < -0.4 is 0 Å². The van der Waals surface area contributed by atoms with E-state index in [0.717, 1.165) is 8.19 Å². The Hall–Kier alpha value is -0.310. The summed E-state index contributed by atoms with van der Waals surface area (Å²) in [5.74, 6) is 8.60. The van der Waals surface area contributed by atoms with Crippen molar-refractivity contribution in [3.8, 4) is 0 Å². The predicted octanol–water partition coefficient (Wildman–Crippen LogP) is 3.42. The molecule has 0 amide bonds. The fraction of sp³-hybridized carbons (Fsp3) is 0. The standard InChI is InChI=1S/C7H8P2/c1-2-5-9-7-3-6-8-4-1/h1-8H. The van der Waals surface area contributed by atoms with Gasteiger partial charge in [0.15, 0.2) is 0 Å². The van der Waals surface area contributed by atoms with Crippen LogP contribution in [0.5, 0.6) is 0 Å². The van der Waals surface area contributed by atoms with Gasteiger partial charge in [-0.15, -0.1) is 8.19 Å². The summed E-state index contributed by atoms with van der Waals surface area (Å²) in [6, 6.07) is 6.28. The first-order chi connectivity index (χ1) is 4.50. The van der Waals surface area contributed by atoms with Crippen LogP contribution in [-0.2, 0) is 0 Å². The van der Waals surface area contributed by atoms with Gasteiger partial charge >= 0.3 is 0 Å². The maximum atomic E-state index is 2.18. The van der Waals surface area contributed by atoms with E-state index in [9.17, 15) is 0 Å². The summed E-state index contributed by atoms with van der Waals surface area (Å²) in [4.78, 5) is 0. The summed E-state index contributed by atoms with van der Waals surface area (Å²) in [6.07, 6.45) is 0. The first-order valence-electron chi connectivity index (χ1n) is 2.76. The van der Waals surface area contributed by atoms with E-state index in [1.807, 2.05) is 0 Å². The Kier molecular flexibility index (Phi) is 3.45. The van der Waals surface area contributed by atoms with Gasteiger partial charge in [0, 0.05) is 0 Å². The molecule has 2 heteroatoms. The monoisotopic (exact) mass is 154 g/mol. The fourth-order valence-electron chi connectivity index (χ4n) is 0.464. The van der Waals surface area contributed by atoms with E-state index < -0.39 is 0 Å². The molecule has 46 valence electrons. The van der Waals surface area contributed by atoms with Crippen LogP contribution in [0.4, 0.5) is 0 Å². The van der Waals surface area contributed by atoms with Crippen LogP contribution in [0.2, 0.25) is 0 Å². The Bertz CT molecular complexity index is 129. The minimum atomic E-state index is 0.838. The van der Waals surface area contributed by atoms with Crippen molar-refractivity contribution >= 4 is 16.4 Å². The molecule has 1 rings (SSSR count). The van der Waals surface area contributed by atoms with Gasteiger partial charge in [0.05, 0.1) is 0 Å². The number of hydrogen-bond donors (Lipinski definition) is 0. The van der Waals surface area contributed by atoms with Gasteiger partial charge in [0.25, 0.3) is 0 Å². The molecule has 0 fully saturated rings. The molecule has 0 saturated carbocycles. The summed E-state index contributed by atoms with van der Waals surface area (Å²) >= 11 is 0. The van der Waals surface area contributed by atoms with Crippen LogP contribution in [-0.4, -0.2) is 0 Å². The molecule has 1 unspecified atom stereocenters. The molecule has 0 nitrogen and oxygen atoms in total. The summed E-state index contributed by atoms with van der Waals surface area (Å²) in [5, 5.41) is 0. The van der Waals surface area contributed by atoms with Crippen molar-refractivity contribution in [3.05, 3.63) is 41.4 Å². The maximum absolute atomic E-state index is 2.18. The first kappa shape index (κ1) is 6.81. The zero-order chi connectivity index (χ0) is 6.36. The van der Waals surface area contributed by atoms with E-state index in [0.29, 0.717) is 0 Å². The molecule has 0 spiro atoms. The van der Waals surface area contributed by atoms with Crippen molar-refractivity contribution < 1.29 is 0 Å². The van der Waals surface area contributed by atoms with Crippen LogP contribution in [0.15, 0.2) is 41.4 Å². The van der Waals surface area contributed by atoms with Gasteiger partial charge in [0.1, 0.15) is 0 Å². The zero-order valence-electron chi connectivity index (χ0n) is 4.99. The Labute approximate surface area is 58.5 Å². The molecule has 0 aliphatic heterocycles.